The van der Waals surface area contributed by atoms with Crippen LogP contribution in [-0.2, 0) is 16.6 Å². The van der Waals surface area contributed by atoms with Crippen molar-refractivity contribution in [3.8, 4) is 0 Å². The third-order valence-electron chi connectivity index (χ3n) is 2.96. The Morgan fingerprint density at radius 3 is 2.78 bits per heavy atom. The van der Waals surface area contributed by atoms with Gasteiger partial charge in [-0.25, -0.2) is 13.1 Å². The van der Waals surface area contributed by atoms with Crippen LogP contribution in [0.4, 0.5) is 0 Å². The molecule has 2 rings (SSSR count). The van der Waals surface area contributed by atoms with Crippen molar-refractivity contribution in [2.45, 2.75) is 30.5 Å². The molecule has 0 aromatic carbocycles. The van der Waals surface area contributed by atoms with Gasteiger partial charge in [0.1, 0.15) is 5.76 Å². The van der Waals surface area contributed by atoms with Gasteiger partial charge < -0.3 is 9.73 Å². The molecule has 7 heteroatoms. The predicted molar refractivity (Wildman–Crippen MR) is 72.1 cm³/mol. The van der Waals surface area contributed by atoms with Gasteiger partial charge in [-0.05, 0) is 43.5 Å². The molecule has 2 heterocycles. The number of hydrogen-bond donors (Lipinski definition) is 2. The van der Waals surface area contributed by atoms with Crippen molar-refractivity contribution >= 4 is 21.8 Å². The summed E-state index contributed by atoms with van der Waals surface area (Å²) < 4.78 is 30.5. The van der Waals surface area contributed by atoms with Gasteiger partial charge in [-0.15, -0.1) is 0 Å². The lowest BCUT2D eigenvalue weighted by Crippen LogP contribution is -2.31. The Hall–Kier alpha value is -0.500. The van der Waals surface area contributed by atoms with E-state index in [1.807, 2.05) is 11.8 Å². The molecule has 102 valence electrons. The van der Waals surface area contributed by atoms with E-state index in [0.29, 0.717) is 18.3 Å². The maximum absolute atomic E-state index is 11.5. The number of furan rings is 1. The Morgan fingerprint density at radius 2 is 2.11 bits per heavy atom. The van der Waals surface area contributed by atoms with Gasteiger partial charge in [0.2, 0.25) is 5.09 Å². The van der Waals surface area contributed by atoms with Gasteiger partial charge in [-0.1, -0.05) is 0 Å². The maximum Gasteiger partial charge on any atom is 0.273 e. The standard InChI is InChI=1S/C11H18N2O3S2/c1-12-18(14,15)11-3-2-10(16-11)8-13-9-4-6-17-7-5-9/h2-3,9,12-13H,4-8H2,1H3. The molecule has 2 N–H and O–H groups in total. The van der Waals surface area contributed by atoms with Crippen LogP contribution in [-0.4, -0.2) is 33.0 Å². The summed E-state index contributed by atoms with van der Waals surface area (Å²) in [5.74, 6) is 3.03. The van der Waals surface area contributed by atoms with Crippen LogP contribution < -0.4 is 10.0 Å². The van der Waals surface area contributed by atoms with Crippen LogP contribution >= 0.6 is 11.8 Å². The molecule has 0 saturated carbocycles. The highest BCUT2D eigenvalue weighted by atomic mass is 32.2. The fourth-order valence-corrected chi connectivity index (χ4v) is 3.62. The van der Waals surface area contributed by atoms with Crippen molar-refractivity contribution in [2.24, 2.45) is 0 Å². The third-order valence-corrected chi connectivity index (χ3v) is 5.29. The van der Waals surface area contributed by atoms with E-state index < -0.39 is 10.0 Å². The Kier molecular flexibility index (Phi) is 4.71. The molecule has 1 aliphatic heterocycles. The smallest absolute Gasteiger partial charge is 0.273 e. The van der Waals surface area contributed by atoms with Gasteiger partial charge in [0.15, 0.2) is 0 Å². The zero-order valence-corrected chi connectivity index (χ0v) is 11.9. The van der Waals surface area contributed by atoms with Crippen LogP contribution in [0, 0.1) is 0 Å². The van der Waals surface area contributed by atoms with E-state index in [-0.39, 0.29) is 5.09 Å². The van der Waals surface area contributed by atoms with Crippen LogP contribution in [0.25, 0.3) is 0 Å². The van der Waals surface area contributed by atoms with Crippen LogP contribution in [0.3, 0.4) is 0 Å². The second kappa shape index (κ2) is 6.10. The van der Waals surface area contributed by atoms with Crippen LogP contribution in [0.2, 0.25) is 0 Å². The fourth-order valence-electron chi connectivity index (χ4n) is 1.84. The molecular weight excluding hydrogens is 272 g/mol. The third kappa shape index (κ3) is 3.50. The summed E-state index contributed by atoms with van der Waals surface area (Å²) in [7, 11) is -2.10. The fraction of sp³-hybridized carbons (Fsp3) is 0.636. The first-order chi connectivity index (χ1) is 8.62. The first kappa shape index (κ1) is 13.9. The average molecular weight is 290 g/mol. The molecule has 0 unspecified atom stereocenters. The van der Waals surface area contributed by atoms with Gasteiger partial charge in [0.05, 0.1) is 6.54 Å². The summed E-state index contributed by atoms with van der Waals surface area (Å²) in [6.45, 7) is 0.578. The van der Waals surface area contributed by atoms with E-state index in [1.54, 1.807) is 6.07 Å². The molecule has 1 saturated heterocycles. The van der Waals surface area contributed by atoms with E-state index in [9.17, 15) is 8.42 Å². The van der Waals surface area contributed by atoms with Gasteiger partial charge in [-0.2, -0.15) is 11.8 Å². The molecule has 1 aliphatic rings. The van der Waals surface area contributed by atoms with Gasteiger partial charge in [0.25, 0.3) is 10.0 Å². The second-order valence-electron chi connectivity index (χ2n) is 4.20. The van der Waals surface area contributed by atoms with Crippen LogP contribution in [0.15, 0.2) is 21.6 Å². The molecule has 0 radical (unpaired) electrons. The first-order valence-corrected chi connectivity index (χ1v) is 8.59. The summed E-state index contributed by atoms with van der Waals surface area (Å²) in [6.07, 6.45) is 2.32. The van der Waals surface area contributed by atoms with Crippen molar-refractivity contribution < 1.29 is 12.8 Å². The quantitative estimate of drug-likeness (QED) is 0.852. The lowest BCUT2D eigenvalue weighted by atomic mass is 10.1. The van der Waals surface area contributed by atoms with Crippen molar-refractivity contribution in [3.05, 3.63) is 17.9 Å². The minimum Gasteiger partial charge on any atom is -0.447 e. The molecule has 5 nitrogen and oxygen atoms in total. The zero-order chi connectivity index (χ0) is 13.0. The lowest BCUT2D eigenvalue weighted by Gasteiger charge is -2.21. The molecule has 1 aromatic heterocycles. The molecule has 0 amide bonds. The van der Waals surface area contributed by atoms with Gasteiger partial charge in [-0.3, -0.25) is 0 Å². The zero-order valence-electron chi connectivity index (χ0n) is 10.3. The van der Waals surface area contributed by atoms with E-state index >= 15 is 0 Å². The van der Waals surface area contributed by atoms with Crippen molar-refractivity contribution in [3.63, 3.8) is 0 Å². The highest BCUT2D eigenvalue weighted by Gasteiger charge is 2.17. The van der Waals surface area contributed by atoms with Crippen molar-refractivity contribution in [2.75, 3.05) is 18.6 Å². The minimum atomic E-state index is -3.47. The number of rotatable bonds is 5. The Bertz CT molecular complexity index is 478. The average Bonchev–Trinajstić information content (AvgIpc) is 2.87. The second-order valence-corrected chi connectivity index (χ2v) is 7.24. The first-order valence-electron chi connectivity index (χ1n) is 5.95. The molecular formula is C11H18N2O3S2. The normalized spacial score (nSPS) is 18.1. The largest absolute Gasteiger partial charge is 0.447 e. The molecule has 0 spiro atoms. The highest BCUT2D eigenvalue weighted by Crippen LogP contribution is 2.18. The summed E-state index contributed by atoms with van der Waals surface area (Å²) >= 11 is 1.98. The summed E-state index contributed by atoms with van der Waals surface area (Å²) in [4.78, 5) is 0. The predicted octanol–water partition coefficient (Wildman–Crippen LogP) is 1.17. The van der Waals surface area contributed by atoms with E-state index in [0.717, 1.165) is 12.8 Å². The van der Waals surface area contributed by atoms with Crippen molar-refractivity contribution in [1.29, 1.82) is 0 Å². The Morgan fingerprint density at radius 1 is 1.39 bits per heavy atom. The summed E-state index contributed by atoms with van der Waals surface area (Å²) in [6, 6.07) is 3.70. The van der Waals surface area contributed by atoms with E-state index in [1.165, 1.54) is 24.6 Å². The number of sulfonamides is 1. The minimum absolute atomic E-state index is 0.0269. The number of hydrogen-bond acceptors (Lipinski definition) is 5. The molecule has 18 heavy (non-hydrogen) atoms. The molecule has 1 fully saturated rings. The van der Waals surface area contributed by atoms with Crippen molar-refractivity contribution in [1.82, 2.24) is 10.0 Å². The van der Waals surface area contributed by atoms with Gasteiger partial charge >= 0.3 is 0 Å². The van der Waals surface area contributed by atoms with Crippen LogP contribution in [0.5, 0.6) is 0 Å². The maximum atomic E-state index is 11.5. The molecule has 0 aliphatic carbocycles. The van der Waals surface area contributed by atoms with E-state index in [2.05, 4.69) is 10.0 Å². The topological polar surface area (TPSA) is 71.3 Å². The lowest BCUT2D eigenvalue weighted by molar-refractivity contribution is 0.381. The monoisotopic (exact) mass is 290 g/mol. The highest BCUT2D eigenvalue weighted by molar-refractivity contribution is 7.99. The summed E-state index contributed by atoms with van der Waals surface area (Å²) in [5.41, 5.74) is 0. The van der Waals surface area contributed by atoms with E-state index in [4.69, 9.17) is 4.42 Å². The SMILES string of the molecule is CNS(=O)(=O)c1ccc(CNC2CCSCC2)o1. The molecule has 1 aromatic rings. The summed E-state index contributed by atoms with van der Waals surface area (Å²) in [5, 5.41) is 3.37. The van der Waals surface area contributed by atoms with Crippen LogP contribution in [0.1, 0.15) is 18.6 Å². The Balaban J connectivity index is 1.90. The number of thioether (sulfide) groups is 1. The van der Waals surface area contributed by atoms with Gasteiger partial charge in [0, 0.05) is 6.04 Å². The molecule has 0 atom stereocenters. The Labute approximate surface area is 112 Å². The molecule has 0 bridgehead atoms. The number of nitrogens with one attached hydrogen (secondary N) is 2.